The molecule has 1 aliphatic heterocycles. The molecule has 1 aliphatic rings. The molecule has 1 atom stereocenters. The van der Waals surface area contributed by atoms with E-state index in [0.717, 1.165) is 19.4 Å². The van der Waals surface area contributed by atoms with Gasteiger partial charge >= 0.3 is 0 Å². The molecule has 0 aliphatic carbocycles. The van der Waals surface area contributed by atoms with E-state index in [9.17, 15) is 9.18 Å². The predicted octanol–water partition coefficient (Wildman–Crippen LogP) is 5.08. The topological polar surface area (TPSA) is 102 Å². The van der Waals surface area contributed by atoms with Crippen molar-refractivity contribution in [3.05, 3.63) is 84.7 Å². The van der Waals surface area contributed by atoms with Crippen molar-refractivity contribution in [1.82, 2.24) is 19.9 Å². The van der Waals surface area contributed by atoms with Gasteiger partial charge in [0, 0.05) is 30.1 Å². The summed E-state index contributed by atoms with van der Waals surface area (Å²) in [6, 6.07) is 13.8. The third-order valence-corrected chi connectivity index (χ3v) is 6.56. The summed E-state index contributed by atoms with van der Waals surface area (Å²) in [6.45, 7) is 1.18. The number of aromatic nitrogens is 3. The molecule has 0 radical (unpaired) electrons. The molecule has 2 aromatic heterocycles. The number of nitrogens with zero attached hydrogens (tertiary/aromatic N) is 4. The second-order valence-corrected chi connectivity index (χ2v) is 9.18. The van der Waals surface area contributed by atoms with Crippen LogP contribution in [0.2, 0.25) is 0 Å². The number of nitrogens with one attached hydrogen (secondary N) is 2. The molecule has 39 heavy (non-hydrogen) atoms. The zero-order valence-corrected chi connectivity index (χ0v) is 21.7. The second kappa shape index (κ2) is 11.9. The van der Waals surface area contributed by atoms with Crippen molar-refractivity contribution in [1.29, 1.82) is 0 Å². The van der Waals surface area contributed by atoms with Crippen LogP contribution in [-0.2, 0) is 11.4 Å². The molecule has 1 unspecified atom stereocenters. The fraction of sp³-hybridized carbons (Fsp3) is 0.241. The van der Waals surface area contributed by atoms with Gasteiger partial charge in [-0.1, -0.05) is 12.1 Å². The second-order valence-electron chi connectivity index (χ2n) is 9.18. The van der Waals surface area contributed by atoms with E-state index in [1.165, 1.54) is 19.5 Å². The summed E-state index contributed by atoms with van der Waals surface area (Å²) in [5, 5.41) is 6.58. The van der Waals surface area contributed by atoms with Crippen molar-refractivity contribution in [3.8, 4) is 11.5 Å². The Labute approximate surface area is 225 Å². The van der Waals surface area contributed by atoms with Gasteiger partial charge in [-0.3, -0.25) is 14.7 Å². The number of pyridine rings is 1. The highest BCUT2D eigenvalue weighted by atomic mass is 19.1. The normalized spacial score (nSPS) is 15.5. The van der Waals surface area contributed by atoms with Gasteiger partial charge in [0.2, 0.25) is 5.91 Å². The summed E-state index contributed by atoms with van der Waals surface area (Å²) in [4.78, 5) is 27.8. The molecule has 1 amide bonds. The maximum atomic E-state index is 14.8. The summed E-state index contributed by atoms with van der Waals surface area (Å²) in [5.74, 6) is 0.110. The summed E-state index contributed by atoms with van der Waals surface area (Å²) in [5.41, 5.74) is 2.23. The largest absolute Gasteiger partial charge is 0.494 e. The van der Waals surface area contributed by atoms with Gasteiger partial charge in [-0.05, 0) is 62.8 Å². The number of carbonyl (C=O) groups excluding carboxylic acids is 1. The van der Waals surface area contributed by atoms with Gasteiger partial charge < -0.3 is 20.1 Å². The molecule has 0 bridgehead atoms. The zero-order chi connectivity index (χ0) is 27.2. The highest BCUT2D eigenvalue weighted by molar-refractivity contribution is 6.06. The van der Waals surface area contributed by atoms with Gasteiger partial charge in [0.05, 0.1) is 29.4 Å². The SMILES string of the molecule is COc1c(NC(=O)C=CC2CCCN2C)ccc2ncnc(Nc3ccc(OCc4ccccn4)c(F)c3)c12. The first-order valence-corrected chi connectivity index (χ1v) is 12.6. The van der Waals surface area contributed by atoms with Crippen LogP contribution in [0, 0.1) is 5.82 Å². The Bertz CT molecular complexity index is 1500. The van der Waals surface area contributed by atoms with Gasteiger partial charge in [0.15, 0.2) is 17.3 Å². The third-order valence-electron chi connectivity index (χ3n) is 6.56. The lowest BCUT2D eigenvalue weighted by Crippen LogP contribution is -2.23. The van der Waals surface area contributed by atoms with E-state index in [4.69, 9.17) is 9.47 Å². The summed E-state index contributed by atoms with van der Waals surface area (Å²) < 4.78 is 26.1. The molecule has 10 heteroatoms. The minimum Gasteiger partial charge on any atom is -0.494 e. The summed E-state index contributed by atoms with van der Waals surface area (Å²) in [7, 11) is 3.56. The number of rotatable bonds is 9. The number of amides is 1. The van der Waals surface area contributed by atoms with E-state index in [0.29, 0.717) is 39.5 Å². The van der Waals surface area contributed by atoms with Crippen LogP contribution in [0.5, 0.6) is 11.5 Å². The molecule has 1 saturated heterocycles. The summed E-state index contributed by atoms with van der Waals surface area (Å²) >= 11 is 0. The van der Waals surface area contributed by atoms with Crippen LogP contribution in [0.1, 0.15) is 18.5 Å². The number of benzene rings is 2. The maximum Gasteiger partial charge on any atom is 0.248 e. The standard InChI is InChI=1S/C29H29FN6O3/c1-36-15-5-7-21(36)9-13-26(37)35-24-11-10-23-27(28(24)38-2)29(33-18-32-23)34-19-8-12-25(22(30)16-19)39-17-20-6-3-4-14-31-20/h3-4,6,8-14,16,18,21H,5,7,15,17H2,1-2H3,(H,35,37)(H,32,33,34). The molecule has 0 spiro atoms. The van der Waals surface area contributed by atoms with E-state index in [2.05, 4.69) is 37.5 Å². The first-order chi connectivity index (χ1) is 19.0. The zero-order valence-electron chi connectivity index (χ0n) is 21.7. The molecule has 4 aromatic rings. The number of fused-ring (bicyclic) bond motifs is 1. The van der Waals surface area contributed by atoms with E-state index in [-0.39, 0.29) is 24.3 Å². The number of anilines is 3. The van der Waals surface area contributed by atoms with E-state index < -0.39 is 5.82 Å². The van der Waals surface area contributed by atoms with Crippen LogP contribution in [0.25, 0.3) is 10.9 Å². The molecule has 5 rings (SSSR count). The van der Waals surface area contributed by atoms with Gasteiger partial charge in [-0.25, -0.2) is 14.4 Å². The van der Waals surface area contributed by atoms with Crippen LogP contribution in [-0.4, -0.2) is 52.5 Å². The number of ether oxygens (including phenoxy) is 2. The van der Waals surface area contributed by atoms with Crippen LogP contribution >= 0.6 is 0 Å². The van der Waals surface area contributed by atoms with Crippen molar-refractivity contribution in [2.75, 3.05) is 31.3 Å². The minimum atomic E-state index is -0.533. The lowest BCUT2D eigenvalue weighted by Gasteiger charge is -2.16. The van der Waals surface area contributed by atoms with Gasteiger partial charge in [0.25, 0.3) is 0 Å². The maximum absolute atomic E-state index is 14.8. The van der Waals surface area contributed by atoms with Gasteiger partial charge in [-0.2, -0.15) is 0 Å². The number of likely N-dealkylation sites (tertiary alicyclic amines) is 1. The van der Waals surface area contributed by atoms with Crippen LogP contribution in [0.4, 0.5) is 21.6 Å². The van der Waals surface area contributed by atoms with Crippen molar-refractivity contribution in [3.63, 3.8) is 0 Å². The van der Waals surface area contributed by atoms with E-state index >= 15 is 0 Å². The quantitative estimate of drug-likeness (QED) is 0.290. The van der Waals surface area contributed by atoms with Crippen molar-refractivity contribution in [2.24, 2.45) is 0 Å². The number of likely N-dealkylation sites (N-methyl/N-ethyl adjacent to an activating group) is 1. The van der Waals surface area contributed by atoms with E-state index in [1.54, 1.807) is 42.6 Å². The Morgan fingerprint density at radius 1 is 1.18 bits per heavy atom. The average molecular weight is 529 g/mol. The molecule has 9 nitrogen and oxygen atoms in total. The highest BCUT2D eigenvalue weighted by Crippen LogP contribution is 2.38. The molecule has 2 N–H and O–H groups in total. The van der Waals surface area contributed by atoms with Crippen LogP contribution < -0.4 is 20.1 Å². The Morgan fingerprint density at radius 3 is 2.82 bits per heavy atom. The number of hydrogen-bond acceptors (Lipinski definition) is 8. The monoisotopic (exact) mass is 528 g/mol. The Hall–Kier alpha value is -4.57. The van der Waals surface area contributed by atoms with Crippen LogP contribution in [0.3, 0.4) is 0 Å². The fourth-order valence-corrected chi connectivity index (χ4v) is 4.55. The number of halogens is 1. The molecule has 0 saturated carbocycles. The molecule has 3 heterocycles. The molecule has 2 aromatic carbocycles. The molecular formula is C29H29FN6O3. The molecule has 1 fully saturated rings. The number of hydrogen-bond donors (Lipinski definition) is 2. The van der Waals surface area contributed by atoms with Crippen molar-refractivity contribution in [2.45, 2.75) is 25.5 Å². The van der Waals surface area contributed by atoms with Gasteiger partial charge in [-0.15, -0.1) is 0 Å². The van der Waals surface area contributed by atoms with Gasteiger partial charge in [0.1, 0.15) is 18.8 Å². The van der Waals surface area contributed by atoms with Crippen LogP contribution in [0.15, 0.2) is 73.2 Å². The first kappa shape index (κ1) is 26.1. The van der Waals surface area contributed by atoms with Crippen molar-refractivity contribution < 1.29 is 18.7 Å². The third kappa shape index (κ3) is 6.12. The lowest BCUT2D eigenvalue weighted by molar-refractivity contribution is -0.111. The van der Waals surface area contributed by atoms with E-state index in [1.807, 2.05) is 18.2 Å². The Kier molecular flexibility index (Phi) is 7.93. The molecule has 200 valence electrons. The smallest absolute Gasteiger partial charge is 0.248 e. The predicted molar refractivity (Wildman–Crippen MR) is 148 cm³/mol. The minimum absolute atomic E-state index is 0.109. The fourth-order valence-electron chi connectivity index (χ4n) is 4.55. The Morgan fingerprint density at radius 2 is 2.08 bits per heavy atom. The van der Waals surface area contributed by atoms with Crippen molar-refractivity contribution >= 4 is 34.0 Å². The highest BCUT2D eigenvalue weighted by Gasteiger charge is 2.19. The first-order valence-electron chi connectivity index (χ1n) is 12.6. The lowest BCUT2D eigenvalue weighted by atomic mass is 10.1. The number of carbonyl (C=O) groups is 1. The average Bonchev–Trinajstić information content (AvgIpc) is 3.36. The Balaban J connectivity index is 1.35. The number of methoxy groups -OCH3 is 1. The molecular weight excluding hydrogens is 499 g/mol. The summed E-state index contributed by atoms with van der Waals surface area (Å²) in [6.07, 6.45) is 8.69.